The minimum absolute atomic E-state index is 0.175. The van der Waals surface area contributed by atoms with Gasteiger partial charge in [0, 0.05) is 12.0 Å². The third-order valence-electron chi connectivity index (χ3n) is 3.95. The number of hydrogen-bond donors (Lipinski definition) is 2. The number of halogens is 1. The van der Waals surface area contributed by atoms with E-state index in [9.17, 15) is 4.79 Å². The fraction of sp³-hybridized carbons (Fsp3) is 0.0909. The van der Waals surface area contributed by atoms with Gasteiger partial charge in [-0.1, -0.05) is 60.1 Å². The Morgan fingerprint density at radius 2 is 1.71 bits per heavy atom. The first kappa shape index (κ1) is 19.9. The summed E-state index contributed by atoms with van der Waals surface area (Å²) in [5.74, 6) is 0.312. The first-order chi connectivity index (χ1) is 13.6. The van der Waals surface area contributed by atoms with Crippen LogP contribution in [0.4, 0.5) is 5.69 Å². The fourth-order valence-electron chi connectivity index (χ4n) is 2.55. The molecule has 2 N–H and O–H groups in total. The third kappa shape index (κ3) is 5.81. The van der Waals surface area contributed by atoms with Crippen LogP contribution in [-0.4, -0.2) is 17.6 Å². The standard InChI is InChI=1S/C22H19ClN2O2S/c23-19-11-4-5-12-20(19)24-22(28)25-21(26)17-9-6-10-18(15-17)27-14-13-16-7-2-1-3-8-16/h1-12,15H,13-14H2,(H2,24,25,26,28). The molecule has 4 nitrogen and oxygen atoms in total. The molecule has 28 heavy (non-hydrogen) atoms. The van der Waals surface area contributed by atoms with Crippen molar-refractivity contribution >= 4 is 40.5 Å². The molecule has 0 saturated carbocycles. The number of benzene rings is 3. The minimum Gasteiger partial charge on any atom is -0.493 e. The molecule has 1 amide bonds. The molecule has 142 valence electrons. The van der Waals surface area contributed by atoms with Crippen LogP contribution in [0, 0.1) is 0 Å². The van der Waals surface area contributed by atoms with Gasteiger partial charge in [-0.3, -0.25) is 10.1 Å². The molecule has 0 aromatic heterocycles. The van der Waals surface area contributed by atoms with Crippen LogP contribution in [0.3, 0.4) is 0 Å². The lowest BCUT2D eigenvalue weighted by atomic mass is 10.2. The number of amides is 1. The van der Waals surface area contributed by atoms with Crippen molar-refractivity contribution in [1.82, 2.24) is 5.32 Å². The summed E-state index contributed by atoms with van der Waals surface area (Å²) in [6, 6.07) is 24.3. The highest BCUT2D eigenvalue weighted by Gasteiger charge is 2.10. The quantitative estimate of drug-likeness (QED) is 0.556. The van der Waals surface area contributed by atoms with E-state index in [0.717, 1.165) is 6.42 Å². The van der Waals surface area contributed by atoms with Gasteiger partial charge in [0.1, 0.15) is 5.75 Å². The Hall–Kier alpha value is -2.89. The summed E-state index contributed by atoms with van der Waals surface area (Å²) < 4.78 is 5.77. The van der Waals surface area contributed by atoms with Crippen molar-refractivity contribution in [2.45, 2.75) is 6.42 Å². The second-order valence-electron chi connectivity index (χ2n) is 6.00. The number of carbonyl (C=O) groups excluding carboxylic acids is 1. The molecule has 3 aromatic rings. The van der Waals surface area contributed by atoms with E-state index in [1.54, 1.807) is 30.3 Å². The van der Waals surface area contributed by atoms with E-state index in [4.69, 9.17) is 28.6 Å². The zero-order valence-electron chi connectivity index (χ0n) is 15.0. The maximum Gasteiger partial charge on any atom is 0.257 e. The van der Waals surface area contributed by atoms with Gasteiger partial charge in [0.05, 0.1) is 17.3 Å². The van der Waals surface area contributed by atoms with E-state index in [1.807, 2.05) is 36.4 Å². The highest BCUT2D eigenvalue weighted by molar-refractivity contribution is 7.80. The Balaban J connectivity index is 1.54. The van der Waals surface area contributed by atoms with Crippen LogP contribution in [0.5, 0.6) is 5.75 Å². The van der Waals surface area contributed by atoms with E-state index in [0.29, 0.717) is 28.6 Å². The Morgan fingerprint density at radius 3 is 2.50 bits per heavy atom. The number of carbonyl (C=O) groups is 1. The SMILES string of the molecule is O=C(NC(=S)Nc1ccccc1Cl)c1cccc(OCCc2ccccc2)c1. The van der Waals surface area contributed by atoms with Crippen LogP contribution >= 0.6 is 23.8 Å². The lowest BCUT2D eigenvalue weighted by Gasteiger charge is -2.11. The smallest absolute Gasteiger partial charge is 0.257 e. The Kier molecular flexibility index (Phi) is 7.00. The van der Waals surface area contributed by atoms with Crippen LogP contribution in [0.15, 0.2) is 78.9 Å². The maximum atomic E-state index is 12.5. The number of hydrogen-bond acceptors (Lipinski definition) is 3. The van der Waals surface area contributed by atoms with Crippen molar-refractivity contribution in [3.63, 3.8) is 0 Å². The first-order valence-electron chi connectivity index (χ1n) is 8.75. The van der Waals surface area contributed by atoms with E-state index in [-0.39, 0.29) is 11.0 Å². The topological polar surface area (TPSA) is 50.4 Å². The van der Waals surface area contributed by atoms with Gasteiger partial charge in [0.15, 0.2) is 5.11 Å². The monoisotopic (exact) mass is 410 g/mol. The molecule has 3 rings (SSSR count). The number of thiocarbonyl (C=S) groups is 1. The van der Waals surface area contributed by atoms with Gasteiger partial charge in [-0.05, 0) is 48.1 Å². The zero-order chi connectivity index (χ0) is 19.8. The molecule has 0 spiro atoms. The average molecular weight is 411 g/mol. The second kappa shape index (κ2) is 9.88. The first-order valence-corrected chi connectivity index (χ1v) is 9.54. The number of ether oxygens (including phenoxy) is 1. The molecule has 3 aromatic carbocycles. The summed E-state index contributed by atoms with van der Waals surface area (Å²) in [4.78, 5) is 12.5. The predicted octanol–water partition coefficient (Wildman–Crippen LogP) is 5.09. The molecule has 6 heteroatoms. The van der Waals surface area contributed by atoms with Crippen molar-refractivity contribution < 1.29 is 9.53 Å². The van der Waals surface area contributed by atoms with E-state index in [1.165, 1.54) is 5.56 Å². The molecule has 0 aliphatic rings. The highest BCUT2D eigenvalue weighted by Crippen LogP contribution is 2.20. The molecule has 0 aliphatic heterocycles. The summed E-state index contributed by atoms with van der Waals surface area (Å²) in [6.07, 6.45) is 0.795. The summed E-state index contributed by atoms with van der Waals surface area (Å²) in [5.41, 5.74) is 2.29. The van der Waals surface area contributed by atoms with E-state index in [2.05, 4.69) is 22.8 Å². The molecule has 0 bridgehead atoms. The third-order valence-corrected chi connectivity index (χ3v) is 4.48. The van der Waals surface area contributed by atoms with Gasteiger partial charge in [0.2, 0.25) is 0 Å². The Morgan fingerprint density at radius 1 is 0.964 bits per heavy atom. The van der Waals surface area contributed by atoms with Gasteiger partial charge in [-0.15, -0.1) is 0 Å². The average Bonchev–Trinajstić information content (AvgIpc) is 2.71. The van der Waals surface area contributed by atoms with E-state index < -0.39 is 0 Å². The Bertz CT molecular complexity index is 964. The predicted molar refractivity (Wildman–Crippen MR) is 117 cm³/mol. The molecule has 0 heterocycles. The van der Waals surface area contributed by atoms with Crippen LogP contribution < -0.4 is 15.4 Å². The zero-order valence-corrected chi connectivity index (χ0v) is 16.6. The van der Waals surface area contributed by atoms with Gasteiger partial charge in [-0.25, -0.2) is 0 Å². The minimum atomic E-state index is -0.321. The van der Waals surface area contributed by atoms with Gasteiger partial charge >= 0.3 is 0 Å². The fourth-order valence-corrected chi connectivity index (χ4v) is 2.94. The number of anilines is 1. The lowest BCUT2D eigenvalue weighted by Crippen LogP contribution is -2.34. The molecule has 0 aliphatic carbocycles. The highest BCUT2D eigenvalue weighted by atomic mass is 35.5. The van der Waals surface area contributed by atoms with Crippen LogP contribution in [0.2, 0.25) is 5.02 Å². The molecule has 0 atom stereocenters. The number of nitrogens with one attached hydrogen (secondary N) is 2. The molecular weight excluding hydrogens is 392 g/mol. The van der Waals surface area contributed by atoms with Crippen LogP contribution in [0.25, 0.3) is 0 Å². The molecule has 0 saturated heterocycles. The van der Waals surface area contributed by atoms with Gasteiger partial charge in [-0.2, -0.15) is 0 Å². The second-order valence-corrected chi connectivity index (χ2v) is 6.82. The van der Waals surface area contributed by atoms with Crippen molar-refractivity contribution in [2.75, 3.05) is 11.9 Å². The van der Waals surface area contributed by atoms with Crippen LogP contribution in [0.1, 0.15) is 15.9 Å². The van der Waals surface area contributed by atoms with Crippen molar-refractivity contribution in [3.05, 3.63) is 95.0 Å². The summed E-state index contributed by atoms with van der Waals surface area (Å²) in [6.45, 7) is 0.529. The van der Waals surface area contributed by atoms with Gasteiger partial charge in [0.25, 0.3) is 5.91 Å². The lowest BCUT2D eigenvalue weighted by molar-refractivity contribution is 0.0977. The van der Waals surface area contributed by atoms with Crippen molar-refractivity contribution in [1.29, 1.82) is 0 Å². The molecule has 0 unspecified atom stereocenters. The van der Waals surface area contributed by atoms with E-state index >= 15 is 0 Å². The summed E-state index contributed by atoms with van der Waals surface area (Å²) in [5, 5.41) is 6.26. The number of rotatable bonds is 6. The summed E-state index contributed by atoms with van der Waals surface area (Å²) in [7, 11) is 0. The summed E-state index contributed by atoms with van der Waals surface area (Å²) >= 11 is 11.3. The molecule has 0 fully saturated rings. The Labute approximate surface area is 174 Å². The molecular formula is C22H19ClN2O2S. The molecule has 0 radical (unpaired) electrons. The van der Waals surface area contributed by atoms with Crippen molar-refractivity contribution in [2.24, 2.45) is 0 Å². The van der Waals surface area contributed by atoms with Crippen LogP contribution in [-0.2, 0) is 6.42 Å². The van der Waals surface area contributed by atoms with Gasteiger partial charge < -0.3 is 10.1 Å². The van der Waals surface area contributed by atoms with Crippen molar-refractivity contribution in [3.8, 4) is 5.75 Å². The largest absolute Gasteiger partial charge is 0.493 e. The maximum absolute atomic E-state index is 12.5. The number of para-hydroxylation sites is 1. The normalized spacial score (nSPS) is 10.2.